The van der Waals surface area contributed by atoms with Crippen LogP contribution < -0.4 is 5.32 Å². The van der Waals surface area contributed by atoms with E-state index in [1.807, 2.05) is 6.08 Å². The van der Waals surface area contributed by atoms with Gasteiger partial charge in [0, 0.05) is 6.42 Å². The highest BCUT2D eigenvalue weighted by atomic mass is 16.7. The first-order valence-electron chi connectivity index (χ1n) is 35.5. The van der Waals surface area contributed by atoms with E-state index in [2.05, 4.69) is 67.8 Å². The SMILES string of the molecule is CCCCCCC/C=C\C/C=C\C/C=C\CCCCCCCCCCCCCCCCCCCCCCCCCCCCC(=O)NC(COC1OC(CO)C(O)C(O)C1O)C(O)/C=C/CC/C=C/CCCCCCCCCCCCCC. The smallest absolute Gasteiger partial charge is 0.220 e. The predicted octanol–water partition coefficient (Wildman–Crippen LogP) is 19.4. The molecule has 82 heavy (non-hydrogen) atoms. The Bertz CT molecular complexity index is 1480. The molecule has 7 atom stereocenters. The zero-order valence-corrected chi connectivity index (χ0v) is 53.8. The Balaban J connectivity index is 2.05. The summed E-state index contributed by atoms with van der Waals surface area (Å²) in [5.74, 6) is -0.181. The standard InChI is InChI=1S/C73H135NO8/c1-3-5-7-9-11-13-15-17-19-21-23-24-25-26-27-28-29-30-31-32-33-34-35-36-37-38-39-40-41-42-43-44-45-47-49-51-53-55-57-59-61-63-69(77)74-66(65-81-73-72(80)71(79)70(78)68(64-75)82-73)67(76)62-60-58-56-54-52-50-48-46-22-20-18-16-14-12-10-8-6-4-2/h15,17,21,23,25-26,52,54,60,62,66-68,70-73,75-76,78-80H,3-14,16,18-20,22,24,27-51,53,55-59,61,63-65H2,1-2H3,(H,74,77)/b17-15-,23-21-,26-25-,54-52+,62-60+. The van der Waals surface area contributed by atoms with Crippen molar-refractivity contribution >= 4 is 5.91 Å². The molecule has 1 heterocycles. The van der Waals surface area contributed by atoms with Crippen LogP contribution in [0.25, 0.3) is 0 Å². The number of rotatable bonds is 62. The van der Waals surface area contributed by atoms with Crippen LogP contribution in [0.2, 0.25) is 0 Å². The van der Waals surface area contributed by atoms with Gasteiger partial charge in [0.25, 0.3) is 0 Å². The van der Waals surface area contributed by atoms with E-state index in [0.717, 1.165) is 51.4 Å². The second-order valence-electron chi connectivity index (χ2n) is 24.7. The first-order chi connectivity index (χ1) is 40.3. The zero-order chi connectivity index (χ0) is 59.3. The van der Waals surface area contributed by atoms with Gasteiger partial charge in [-0.25, -0.2) is 0 Å². The molecule has 0 aromatic heterocycles. The summed E-state index contributed by atoms with van der Waals surface area (Å²) in [4.78, 5) is 13.1. The zero-order valence-electron chi connectivity index (χ0n) is 53.8. The number of ether oxygens (including phenoxy) is 2. The number of allylic oxidation sites excluding steroid dienone is 9. The summed E-state index contributed by atoms with van der Waals surface area (Å²) in [6.07, 6.45) is 79.2. The van der Waals surface area contributed by atoms with Gasteiger partial charge in [-0.1, -0.05) is 325 Å². The summed E-state index contributed by atoms with van der Waals surface area (Å²) in [5.41, 5.74) is 0. The molecular weight excluding hydrogens is 1020 g/mol. The van der Waals surface area contributed by atoms with Crippen molar-refractivity contribution in [3.63, 3.8) is 0 Å². The Morgan fingerprint density at radius 1 is 0.415 bits per heavy atom. The molecule has 0 saturated carbocycles. The molecule has 6 N–H and O–H groups in total. The first kappa shape index (κ1) is 77.9. The van der Waals surface area contributed by atoms with Crippen molar-refractivity contribution in [3.05, 3.63) is 60.8 Å². The Morgan fingerprint density at radius 2 is 0.732 bits per heavy atom. The number of aliphatic hydroxyl groups excluding tert-OH is 5. The third-order valence-electron chi connectivity index (χ3n) is 16.8. The molecule has 480 valence electrons. The largest absolute Gasteiger partial charge is 0.394 e. The predicted molar refractivity (Wildman–Crippen MR) is 350 cm³/mol. The maximum Gasteiger partial charge on any atom is 0.220 e. The third kappa shape index (κ3) is 50.1. The monoisotopic (exact) mass is 1150 g/mol. The van der Waals surface area contributed by atoms with Gasteiger partial charge in [0.1, 0.15) is 24.4 Å². The molecular formula is C73H135NO8. The molecule has 1 fully saturated rings. The van der Waals surface area contributed by atoms with E-state index >= 15 is 0 Å². The third-order valence-corrected chi connectivity index (χ3v) is 16.8. The molecule has 1 aliphatic rings. The molecule has 0 spiro atoms. The normalized spacial score (nSPS) is 18.6. The Hall–Kier alpha value is -2.11. The van der Waals surface area contributed by atoms with Gasteiger partial charge < -0.3 is 40.3 Å². The summed E-state index contributed by atoms with van der Waals surface area (Å²) < 4.78 is 11.3. The molecule has 1 aliphatic heterocycles. The van der Waals surface area contributed by atoms with Crippen LogP contribution >= 0.6 is 0 Å². The van der Waals surface area contributed by atoms with Crippen molar-refractivity contribution in [1.82, 2.24) is 5.32 Å². The molecule has 1 saturated heterocycles. The molecule has 1 amide bonds. The van der Waals surface area contributed by atoms with Crippen LogP contribution in [0.4, 0.5) is 0 Å². The molecule has 0 aliphatic carbocycles. The minimum absolute atomic E-state index is 0.181. The van der Waals surface area contributed by atoms with Crippen LogP contribution in [-0.4, -0.2) is 87.5 Å². The Labute approximate surface area is 506 Å². The van der Waals surface area contributed by atoms with Crippen molar-refractivity contribution in [3.8, 4) is 0 Å². The molecule has 7 unspecified atom stereocenters. The highest BCUT2D eigenvalue weighted by Crippen LogP contribution is 2.23. The Kier molecular flexibility index (Phi) is 58.9. The van der Waals surface area contributed by atoms with Gasteiger partial charge in [0.05, 0.1) is 25.4 Å². The van der Waals surface area contributed by atoms with Crippen LogP contribution in [0.5, 0.6) is 0 Å². The first-order valence-corrected chi connectivity index (χ1v) is 35.5. The number of hydrogen-bond donors (Lipinski definition) is 6. The lowest BCUT2D eigenvalue weighted by Crippen LogP contribution is -2.60. The number of unbranched alkanes of at least 4 members (excludes halogenated alkanes) is 44. The fraction of sp³-hybridized carbons (Fsp3) is 0.849. The van der Waals surface area contributed by atoms with E-state index in [-0.39, 0.29) is 12.5 Å². The van der Waals surface area contributed by atoms with Crippen LogP contribution in [0.15, 0.2) is 60.8 Å². The summed E-state index contributed by atoms with van der Waals surface area (Å²) in [5, 5.41) is 54.6. The summed E-state index contributed by atoms with van der Waals surface area (Å²) >= 11 is 0. The summed E-state index contributed by atoms with van der Waals surface area (Å²) in [6.45, 7) is 3.78. The van der Waals surface area contributed by atoms with Gasteiger partial charge in [-0.2, -0.15) is 0 Å². The lowest BCUT2D eigenvalue weighted by atomic mass is 9.99. The fourth-order valence-electron chi connectivity index (χ4n) is 11.2. The fourth-order valence-corrected chi connectivity index (χ4v) is 11.2. The number of nitrogens with one attached hydrogen (secondary N) is 1. The average molecular weight is 1150 g/mol. The van der Waals surface area contributed by atoms with Gasteiger partial charge in [0.2, 0.25) is 5.91 Å². The average Bonchev–Trinajstić information content (AvgIpc) is 3.57. The summed E-state index contributed by atoms with van der Waals surface area (Å²) in [6, 6.07) is -0.822. The van der Waals surface area contributed by atoms with E-state index in [1.165, 1.54) is 270 Å². The van der Waals surface area contributed by atoms with Gasteiger partial charge in [-0.15, -0.1) is 0 Å². The van der Waals surface area contributed by atoms with Crippen LogP contribution in [0, 0.1) is 0 Å². The Morgan fingerprint density at radius 3 is 1.11 bits per heavy atom. The maximum atomic E-state index is 13.1. The quantitative estimate of drug-likeness (QED) is 0.0261. The van der Waals surface area contributed by atoms with E-state index in [4.69, 9.17) is 9.47 Å². The number of carbonyl (C=O) groups is 1. The lowest BCUT2D eigenvalue weighted by Gasteiger charge is -2.40. The lowest BCUT2D eigenvalue weighted by molar-refractivity contribution is -0.302. The number of carbonyl (C=O) groups excluding carboxylic acids is 1. The molecule has 0 aromatic carbocycles. The van der Waals surface area contributed by atoms with E-state index in [9.17, 15) is 30.3 Å². The molecule has 9 nitrogen and oxygen atoms in total. The second kappa shape index (κ2) is 62.0. The number of hydrogen-bond acceptors (Lipinski definition) is 8. The molecule has 0 aromatic rings. The number of amides is 1. The highest BCUT2D eigenvalue weighted by Gasteiger charge is 2.44. The van der Waals surface area contributed by atoms with Crippen molar-refractivity contribution in [2.24, 2.45) is 0 Å². The van der Waals surface area contributed by atoms with E-state index in [1.54, 1.807) is 6.08 Å². The summed E-state index contributed by atoms with van der Waals surface area (Å²) in [7, 11) is 0. The van der Waals surface area contributed by atoms with Crippen LogP contribution in [-0.2, 0) is 14.3 Å². The van der Waals surface area contributed by atoms with Crippen molar-refractivity contribution in [1.29, 1.82) is 0 Å². The van der Waals surface area contributed by atoms with Crippen LogP contribution in [0.1, 0.15) is 341 Å². The minimum Gasteiger partial charge on any atom is -0.394 e. The van der Waals surface area contributed by atoms with Gasteiger partial charge in [0.15, 0.2) is 6.29 Å². The molecule has 0 radical (unpaired) electrons. The van der Waals surface area contributed by atoms with Crippen LogP contribution in [0.3, 0.4) is 0 Å². The van der Waals surface area contributed by atoms with Gasteiger partial charge in [-0.05, 0) is 70.6 Å². The maximum absolute atomic E-state index is 13.1. The van der Waals surface area contributed by atoms with Crippen molar-refractivity contribution in [2.75, 3.05) is 13.2 Å². The van der Waals surface area contributed by atoms with Gasteiger partial charge in [-0.3, -0.25) is 4.79 Å². The topological polar surface area (TPSA) is 149 Å². The van der Waals surface area contributed by atoms with E-state index in [0.29, 0.717) is 6.42 Å². The van der Waals surface area contributed by atoms with Crippen molar-refractivity contribution in [2.45, 2.75) is 384 Å². The number of aliphatic hydroxyl groups is 5. The van der Waals surface area contributed by atoms with Gasteiger partial charge >= 0.3 is 0 Å². The second-order valence-corrected chi connectivity index (χ2v) is 24.7. The highest BCUT2D eigenvalue weighted by molar-refractivity contribution is 5.76. The van der Waals surface area contributed by atoms with Crippen molar-refractivity contribution < 1.29 is 39.8 Å². The minimum atomic E-state index is -1.57. The van der Waals surface area contributed by atoms with E-state index < -0.39 is 49.5 Å². The molecule has 9 heteroatoms. The molecule has 0 bridgehead atoms. The molecule has 1 rings (SSSR count).